The molecule has 7 nitrogen and oxygen atoms in total. The molecule has 1 aromatic heterocycles. The molecule has 1 aliphatic carbocycles. The van der Waals surface area contributed by atoms with Crippen LogP contribution in [0.5, 0.6) is 0 Å². The van der Waals surface area contributed by atoms with Gasteiger partial charge in [0.15, 0.2) is 0 Å². The molecule has 0 bridgehead atoms. The van der Waals surface area contributed by atoms with Crippen LogP contribution in [0.25, 0.3) is 0 Å². The third kappa shape index (κ3) is 4.56. The summed E-state index contributed by atoms with van der Waals surface area (Å²) in [5, 5.41) is 6.05. The summed E-state index contributed by atoms with van der Waals surface area (Å²) in [4.78, 5) is 32.4. The van der Waals surface area contributed by atoms with Crippen LogP contribution in [0.4, 0.5) is 11.6 Å². The van der Waals surface area contributed by atoms with Gasteiger partial charge >= 0.3 is 5.97 Å². The molecule has 0 saturated heterocycles. The van der Waals surface area contributed by atoms with Gasteiger partial charge in [0, 0.05) is 24.1 Å². The summed E-state index contributed by atoms with van der Waals surface area (Å²) < 4.78 is 4.68. The highest BCUT2D eigenvalue weighted by Gasteiger charge is 2.15. The van der Waals surface area contributed by atoms with Gasteiger partial charge < -0.3 is 15.4 Å². The zero-order valence-electron chi connectivity index (χ0n) is 14.7. The molecule has 1 aromatic carbocycles. The van der Waals surface area contributed by atoms with Crippen LogP contribution in [-0.2, 0) is 4.74 Å². The molecule has 0 atom stereocenters. The average molecular weight is 354 g/mol. The highest BCUT2D eigenvalue weighted by atomic mass is 16.5. The van der Waals surface area contributed by atoms with Gasteiger partial charge in [0.2, 0.25) is 5.95 Å². The number of nitrogens with zero attached hydrogens (tertiary/aromatic N) is 2. The van der Waals surface area contributed by atoms with E-state index in [9.17, 15) is 9.59 Å². The lowest BCUT2D eigenvalue weighted by atomic mass is 9.96. The first-order valence-corrected chi connectivity index (χ1v) is 8.74. The summed E-state index contributed by atoms with van der Waals surface area (Å²) in [7, 11) is 1.31. The van der Waals surface area contributed by atoms with E-state index in [0.29, 0.717) is 28.8 Å². The zero-order chi connectivity index (χ0) is 18.4. The van der Waals surface area contributed by atoms with E-state index in [1.807, 2.05) is 0 Å². The van der Waals surface area contributed by atoms with Crippen molar-refractivity contribution in [3.63, 3.8) is 0 Å². The quantitative estimate of drug-likeness (QED) is 0.801. The highest BCUT2D eigenvalue weighted by molar-refractivity contribution is 6.04. The first-order valence-electron chi connectivity index (χ1n) is 8.74. The van der Waals surface area contributed by atoms with Gasteiger partial charge in [-0.25, -0.2) is 14.8 Å². The van der Waals surface area contributed by atoms with Gasteiger partial charge in [-0.3, -0.25) is 4.79 Å². The highest BCUT2D eigenvalue weighted by Crippen LogP contribution is 2.20. The predicted molar refractivity (Wildman–Crippen MR) is 98.3 cm³/mol. The van der Waals surface area contributed by atoms with Gasteiger partial charge in [-0.1, -0.05) is 25.3 Å². The third-order valence-electron chi connectivity index (χ3n) is 4.39. The zero-order valence-corrected chi connectivity index (χ0v) is 14.7. The van der Waals surface area contributed by atoms with Crippen molar-refractivity contribution in [2.45, 2.75) is 38.1 Å². The number of methoxy groups -OCH3 is 1. The Morgan fingerprint density at radius 3 is 2.50 bits per heavy atom. The summed E-state index contributed by atoms with van der Waals surface area (Å²) in [5.41, 5.74) is 1.22. The number of esters is 1. The van der Waals surface area contributed by atoms with E-state index in [-0.39, 0.29) is 5.91 Å². The number of carbonyl (C=O) groups is 2. The van der Waals surface area contributed by atoms with Crippen LogP contribution in [0.2, 0.25) is 0 Å². The molecular formula is C19H22N4O3. The Labute approximate surface area is 152 Å². The average Bonchev–Trinajstić information content (AvgIpc) is 2.69. The minimum Gasteiger partial charge on any atom is -0.465 e. The number of rotatable bonds is 5. The number of hydrogen-bond donors (Lipinski definition) is 2. The molecule has 2 N–H and O–H groups in total. The van der Waals surface area contributed by atoms with Crippen molar-refractivity contribution in [3.05, 3.63) is 47.8 Å². The lowest BCUT2D eigenvalue weighted by Gasteiger charge is -2.22. The molecule has 1 amide bonds. The number of amides is 1. The Morgan fingerprint density at radius 1 is 1.08 bits per heavy atom. The molecule has 2 aromatic rings. The van der Waals surface area contributed by atoms with E-state index in [1.165, 1.54) is 38.8 Å². The van der Waals surface area contributed by atoms with Crippen LogP contribution in [0.1, 0.15) is 52.8 Å². The fraction of sp³-hybridized carbons (Fsp3) is 0.368. The van der Waals surface area contributed by atoms with Crippen LogP contribution in [-0.4, -0.2) is 35.0 Å². The molecule has 26 heavy (non-hydrogen) atoms. The second-order valence-corrected chi connectivity index (χ2v) is 6.30. The van der Waals surface area contributed by atoms with Gasteiger partial charge in [0.25, 0.3) is 5.91 Å². The van der Waals surface area contributed by atoms with Crippen molar-refractivity contribution in [1.29, 1.82) is 0 Å². The molecule has 0 aliphatic heterocycles. The molecule has 136 valence electrons. The standard InChI is InChI=1S/C19H22N4O3/c1-26-18(25)13-6-5-9-16(10-13)22-17(24)14-11-20-19(21-12-14)23-15-7-3-2-4-8-15/h5-6,9-12,15H,2-4,7-8H2,1H3,(H,22,24)(H,20,21,23). The molecule has 0 radical (unpaired) electrons. The monoisotopic (exact) mass is 354 g/mol. The Hall–Kier alpha value is -2.96. The molecule has 1 aliphatic rings. The number of ether oxygens (including phenoxy) is 1. The van der Waals surface area contributed by atoms with Gasteiger partial charge in [-0.15, -0.1) is 0 Å². The summed E-state index contributed by atoms with van der Waals surface area (Å²) >= 11 is 0. The second-order valence-electron chi connectivity index (χ2n) is 6.30. The van der Waals surface area contributed by atoms with Gasteiger partial charge in [-0.2, -0.15) is 0 Å². The normalized spacial score (nSPS) is 14.5. The smallest absolute Gasteiger partial charge is 0.337 e. The number of benzene rings is 1. The van der Waals surface area contributed by atoms with E-state index in [1.54, 1.807) is 24.3 Å². The number of anilines is 2. The van der Waals surface area contributed by atoms with Crippen molar-refractivity contribution in [2.24, 2.45) is 0 Å². The van der Waals surface area contributed by atoms with E-state index in [0.717, 1.165) is 12.8 Å². The number of nitrogens with one attached hydrogen (secondary N) is 2. The fourth-order valence-corrected chi connectivity index (χ4v) is 2.99. The largest absolute Gasteiger partial charge is 0.465 e. The Balaban J connectivity index is 1.62. The molecule has 1 saturated carbocycles. The molecule has 7 heteroatoms. The lowest BCUT2D eigenvalue weighted by molar-refractivity contribution is 0.0600. The van der Waals surface area contributed by atoms with Crippen LogP contribution >= 0.6 is 0 Å². The third-order valence-corrected chi connectivity index (χ3v) is 4.39. The summed E-state index contributed by atoms with van der Waals surface area (Å²) in [6, 6.07) is 6.96. The molecular weight excluding hydrogens is 332 g/mol. The van der Waals surface area contributed by atoms with Crippen molar-refractivity contribution in [3.8, 4) is 0 Å². The molecule has 0 unspecified atom stereocenters. The summed E-state index contributed by atoms with van der Waals surface area (Å²) in [5.74, 6) is -0.250. The van der Waals surface area contributed by atoms with Gasteiger partial charge in [0.1, 0.15) is 0 Å². The van der Waals surface area contributed by atoms with Crippen LogP contribution in [0.15, 0.2) is 36.7 Å². The van der Waals surface area contributed by atoms with Crippen LogP contribution in [0.3, 0.4) is 0 Å². The minimum absolute atomic E-state index is 0.337. The maximum absolute atomic E-state index is 12.3. The van der Waals surface area contributed by atoms with Gasteiger partial charge in [0.05, 0.1) is 18.2 Å². The lowest BCUT2D eigenvalue weighted by Crippen LogP contribution is -2.23. The first-order chi connectivity index (χ1) is 12.7. The van der Waals surface area contributed by atoms with Crippen LogP contribution < -0.4 is 10.6 Å². The number of carbonyl (C=O) groups excluding carboxylic acids is 2. The first kappa shape index (κ1) is 17.8. The molecule has 0 spiro atoms. The Morgan fingerprint density at radius 2 is 1.81 bits per heavy atom. The van der Waals surface area contributed by atoms with Crippen molar-refractivity contribution < 1.29 is 14.3 Å². The summed E-state index contributed by atoms with van der Waals surface area (Å²) in [6.45, 7) is 0. The minimum atomic E-state index is -0.456. The van der Waals surface area contributed by atoms with Crippen molar-refractivity contribution >= 4 is 23.5 Å². The second kappa shape index (κ2) is 8.42. The SMILES string of the molecule is COC(=O)c1cccc(NC(=O)c2cnc(NC3CCCCC3)nc2)c1. The maximum Gasteiger partial charge on any atom is 0.337 e. The van der Waals surface area contributed by atoms with E-state index < -0.39 is 5.97 Å². The van der Waals surface area contributed by atoms with Crippen molar-refractivity contribution in [1.82, 2.24) is 9.97 Å². The Kier molecular flexibility index (Phi) is 5.78. The summed E-state index contributed by atoms with van der Waals surface area (Å²) in [6.07, 6.45) is 8.99. The topological polar surface area (TPSA) is 93.2 Å². The van der Waals surface area contributed by atoms with E-state index in [2.05, 4.69) is 25.3 Å². The van der Waals surface area contributed by atoms with Crippen molar-refractivity contribution in [2.75, 3.05) is 17.7 Å². The molecule has 1 fully saturated rings. The van der Waals surface area contributed by atoms with E-state index in [4.69, 9.17) is 0 Å². The number of aromatic nitrogens is 2. The van der Waals surface area contributed by atoms with Gasteiger partial charge in [-0.05, 0) is 31.0 Å². The number of hydrogen-bond acceptors (Lipinski definition) is 6. The molecule has 1 heterocycles. The van der Waals surface area contributed by atoms with Crippen LogP contribution in [0, 0.1) is 0 Å². The Bertz CT molecular complexity index is 771. The maximum atomic E-state index is 12.3. The van der Waals surface area contributed by atoms with E-state index >= 15 is 0 Å². The predicted octanol–water partition coefficient (Wildman–Crippen LogP) is 3.26. The molecule has 3 rings (SSSR count). The fourth-order valence-electron chi connectivity index (χ4n) is 2.99.